The van der Waals surface area contributed by atoms with Crippen LogP contribution in [0.2, 0.25) is 0 Å². The van der Waals surface area contributed by atoms with E-state index >= 15 is 0 Å². The molecule has 3 rings (SSSR count). The van der Waals surface area contributed by atoms with E-state index in [-0.39, 0.29) is 23.4 Å². The van der Waals surface area contributed by atoms with Crippen molar-refractivity contribution in [3.05, 3.63) is 35.4 Å². The number of likely N-dealkylation sites (N-methyl/N-ethyl adjacent to an activating group) is 1. The summed E-state index contributed by atoms with van der Waals surface area (Å²) in [4.78, 5) is 32.2. The Morgan fingerprint density at radius 3 is 2.15 bits per heavy atom. The van der Waals surface area contributed by atoms with Gasteiger partial charge < -0.3 is 15.1 Å². The molecule has 1 atom stereocenters. The molecule has 1 saturated heterocycles. The number of hydrogen-bond acceptors (Lipinski definition) is 4. The highest BCUT2D eigenvalue weighted by molar-refractivity contribution is 5.94. The van der Waals surface area contributed by atoms with Crippen LogP contribution in [0.1, 0.15) is 55.5 Å². The monoisotopic (exact) mass is 482 g/mol. The normalized spacial score (nSPS) is 18.9. The third-order valence-corrected chi connectivity index (χ3v) is 7.19. The molecule has 1 heterocycles. The highest BCUT2D eigenvalue weighted by Crippen LogP contribution is 2.32. The summed E-state index contributed by atoms with van der Waals surface area (Å²) in [6.07, 6.45) is -0.0629. The van der Waals surface area contributed by atoms with Gasteiger partial charge in [-0.05, 0) is 56.1 Å². The fourth-order valence-corrected chi connectivity index (χ4v) is 5.12. The summed E-state index contributed by atoms with van der Waals surface area (Å²) in [5.74, 6) is 0.127. The molecule has 34 heavy (non-hydrogen) atoms. The predicted octanol–water partition coefficient (Wildman–Crippen LogP) is 3.48. The van der Waals surface area contributed by atoms with Crippen LogP contribution in [-0.2, 0) is 11.0 Å². The molecule has 6 nitrogen and oxygen atoms in total. The summed E-state index contributed by atoms with van der Waals surface area (Å²) < 4.78 is 38.4. The first-order valence-corrected chi connectivity index (χ1v) is 12.4. The van der Waals surface area contributed by atoms with Crippen LogP contribution in [0.4, 0.5) is 13.2 Å². The van der Waals surface area contributed by atoms with Gasteiger partial charge in [-0.1, -0.05) is 26.7 Å². The van der Waals surface area contributed by atoms with Crippen LogP contribution in [0.15, 0.2) is 24.3 Å². The zero-order valence-electron chi connectivity index (χ0n) is 20.2. The number of halogens is 3. The summed E-state index contributed by atoms with van der Waals surface area (Å²) in [6.45, 7) is 9.64. The molecule has 0 unspecified atom stereocenters. The first-order chi connectivity index (χ1) is 16.2. The fourth-order valence-electron chi connectivity index (χ4n) is 5.12. The second-order valence-electron chi connectivity index (χ2n) is 9.21. The van der Waals surface area contributed by atoms with E-state index in [2.05, 4.69) is 29.0 Å². The minimum atomic E-state index is -4.42. The summed E-state index contributed by atoms with van der Waals surface area (Å²) in [6, 6.07) is 4.18. The van der Waals surface area contributed by atoms with E-state index in [0.717, 1.165) is 57.5 Å². The second-order valence-corrected chi connectivity index (χ2v) is 9.21. The molecule has 0 aromatic heterocycles. The van der Waals surface area contributed by atoms with E-state index < -0.39 is 11.7 Å². The Hall–Kier alpha value is -2.13. The Labute approximate surface area is 200 Å². The maximum Gasteiger partial charge on any atom is 0.416 e. The molecule has 2 aliphatic rings. The van der Waals surface area contributed by atoms with Crippen LogP contribution >= 0.6 is 0 Å². The van der Waals surface area contributed by atoms with Gasteiger partial charge in [0.1, 0.15) is 0 Å². The number of nitrogens with one attached hydrogen (secondary N) is 1. The molecule has 1 aromatic carbocycles. The molecule has 1 N–H and O–H groups in total. The average molecular weight is 483 g/mol. The molecule has 190 valence electrons. The lowest BCUT2D eigenvalue weighted by Gasteiger charge is -2.41. The van der Waals surface area contributed by atoms with Gasteiger partial charge in [0.15, 0.2) is 0 Å². The first-order valence-electron chi connectivity index (χ1n) is 12.4. The van der Waals surface area contributed by atoms with E-state index in [9.17, 15) is 22.8 Å². The van der Waals surface area contributed by atoms with Gasteiger partial charge in [-0.2, -0.15) is 13.2 Å². The quantitative estimate of drug-likeness (QED) is 0.586. The molecular formula is C25H37F3N4O2. The topological polar surface area (TPSA) is 55.9 Å². The number of piperazine rings is 1. The van der Waals surface area contributed by atoms with Crippen LogP contribution in [-0.4, -0.2) is 84.9 Å². The van der Waals surface area contributed by atoms with Crippen molar-refractivity contribution in [3.63, 3.8) is 0 Å². The van der Waals surface area contributed by atoms with Gasteiger partial charge in [-0.25, -0.2) is 0 Å². The molecule has 2 fully saturated rings. The van der Waals surface area contributed by atoms with Crippen molar-refractivity contribution in [2.24, 2.45) is 5.92 Å². The number of alkyl halides is 3. The maximum absolute atomic E-state index is 13.2. The first kappa shape index (κ1) is 26.5. The van der Waals surface area contributed by atoms with E-state index in [1.807, 2.05) is 0 Å². The minimum absolute atomic E-state index is 0.0709. The molecule has 9 heteroatoms. The van der Waals surface area contributed by atoms with Crippen molar-refractivity contribution < 1.29 is 22.8 Å². The average Bonchev–Trinajstić information content (AvgIpc) is 3.36. The third-order valence-electron chi connectivity index (χ3n) is 7.19. The zero-order valence-corrected chi connectivity index (χ0v) is 20.2. The van der Waals surface area contributed by atoms with Crippen molar-refractivity contribution in [2.75, 3.05) is 52.4 Å². The molecule has 0 radical (unpaired) electrons. The number of rotatable bonds is 9. The highest BCUT2D eigenvalue weighted by Gasteiger charge is 2.37. The molecule has 2 amide bonds. The van der Waals surface area contributed by atoms with Crippen molar-refractivity contribution >= 4 is 11.8 Å². The number of carbonyl (C=O) groups is 2. The van der Waals surface area contributed by atoms with E-state index in [0.29, 0.717) is 38.6 Å². The van der Waals surface area contributed by atoms with Crippen LogP contribution in [0.5, 0.6) is 0 Å². The van der Waals surface area contributed by atoms with Crippen molar-refractivity contribution in [1.82, 2.24) is 20.0 Å². The number of carbonyl (C=O) groups excluding carboxylic acids is 2. The molecular weight excluding hydrogens is 445 g/mol. The lowest BCUT2D eigenvalue weighted by Crippen LogP contribution is -2.58. The SMILES string of the molecule is CCN(CC)CCNC(=O)[C@@H](C1CCCC1)N1CCN(C(=O)c2ccc(C(F)(F)F)cc2)CC1. The number of benzene rings is 1. The predicted molar refractivity (Wildman–Crippen MR) is 125 cm³/mol. The zero-order chi connectivity index (χ0) is 24.7. The van der Waals surface area contributed by atoms with Gasteiger partial charge >= 0.3 is 6.18 Å². The van der Waals surface area contributed by atoms with E-state index in [4.69, 9.17) is 0 Å². The minimum Gasteiger partial charge on any atom is -0.353 e. The fraction of sp³-hybridized carbons (Fsp3) is 0.680. The number of nitrogens with zero attached hydrogens (tertiary/aromatic N) is 3. The summed E-state index contributed by atoms with van der Waals surface area (Å²) in [5, 5.41) is 3.14. The summed E-state index contributed by atoms with van der Waals surface area (Å²) in [5.41, 5.74) is -0.511. The lowest BCUT2D eigenvalue weighted by atomic mass is 9.95. The van der Waals surface area contributed by atoms with Gasteiger partial charge in [0.2, 0.25) is 5.91 Å². The van der Waals surface area contributed by atoms with Crippen LogP contribution in [0, 0.1) is 5.92 Å². The van der Waals surface area contributed by atoms with Gasteiger partial charge in [0.25, 0.3) is 5.91 Å². The molecule has 0 bridgehead atoms. The highest BCUT2D eigenvalue weighted by atomic mass is 19.4. The largest absolute Gasteiger partial charge is 0.416 e. The lowest BCUT2D eigenvalue weighted by molar-refractivity contribution is -0.137. The van der Waals surface area contributed by atoms with Gasteiger partial charge in [0, 0.05) is 44.8 Å². The van der Waals surface area contributed by atoms with Crippen LogP contribution < -0.4 is 5.32 Å². The van der Waals surface area contributed by atoms with Crippen molar-refractivity contribution in [2.45, 2.75) is 51.7 Å². The van der Waals surface area contributed by atoms with Gasteiger partial charge in [0.05, 0.1) is 11.6 Å². The molecule has 0 spiro atoms. The molecule has 1 saturated carbocycles. The van der Waals surface area contributed by atoms with Crippen molar-refractivity contribution in [1.29, 1.82) is 0 Å². The second kappa shape index (κ2) is 12.0. The Bertz CT molecular complexity index is 797. The maximum atomic E-state index is 13.2. The third kappa shape index (κ3) is 6.72. The Kier molecular flexibility index (Phi) is 9.36. The smallest absolute Gasteiger partial charge is 0.353 e. The Morgan fingerprint density at radius 1 is 1.03 bits per heavy atom. The standard InChI is InChI=1S/C25H37F3N4O2/c1-3-30(4-2)14-13-29-23(33)22(19-7-5-6-8-19)31-15-17-32(18-16-31)24(34)20-9-11-21(12-10-20)25(26,27)28/h9-12,19,22H,3-8,13-18H2,1-2H3,(H,29,33)/t22-/m1/s1. The summed E-state index contributed by atoms with van der Waals surface area (Å²) >= 11 is 0. The number of hydrogen-bond donors (Lipinski definition) is 1. The summed E-state index contributed by atoms with van der Waals surface area (Å²) in [7, 11) is 0. The van der Waals surface area contributed by atoms with Crippen molar-refractivity contribution in [3.8, 4) is 0 Å². The van der Waals surface area contributed by atoms with Crippen LogP contribution in [0.25, 0.3) is 0 Å². The Balaban J connectivity index is 1.58. The van der Waals surface area contributed by atoms with E-state index in [1.165, 1.54) is 12.1 Å². The van der Waals surface area contributed by atoms with E-state index in [1.54, 1.807) is 4.90 Å². The van der Waals surface area contributed by atoms with Gasteiger partial charge in [-0.15, -0.1) is 0 Å². The molecule has 1 aliphatic heterocycles. The van der Waals surface area contributed by atoms with Crippen LogP contribution in [0.3, 0.4) is 0 Å². The van der Waals surface area contributed by atoms with Gasteiger partial charge in [-0.3, -0.25) is 14.5 Å². The number of amides is 2. The molecule has 1 aromatic rings. The molecule has 1 aliphatic carbocycles. The Morgan fingerprint density at radius 2 is 1.62 bits per heavy atom.